The van der Waals surface area contributed by atoms with E-state index in [2.05, 4.69) is 5.32 Å². The number of rotatable bonds is 3. The normalized spacial score (nSPS) is 9.14. The summed E-state index contributed by atoms with van der Waals surface area (Å²) in [6.45, 7) is -0.0188. The number of primary amides is 1. The number of nitrogens with zero attached hydrogens (tertiary/aromatic N) is 1. The molecule has 1 aromatic rings. The molecule has 0 fully saturated rings. The van der Waals surface area contributed by atoms with Gasteiger partial charge in [0.15, 0.2) is 0 Å². The van der Waals surface area contributed by atoms with Crippen molar-refractivity contribution in [3.63, 3.8) is 0 Å². The van der Waals surface area contributed by atoms with Crippen molar-refractivity contribution in [2.75, 3.05) is 11.9 Å². The summed E-state index contributed by atoms with van der Waals surface area (Å²) < 4.78 is 0. The Labute approximate surface area is 86.3 Å². The van der Waals surface area contributed by atoms with Crippen LogP contribution in [0.3, 0.4) is 0 Å². The summed E-state index contributed by atoms with van der Waals surface area (Å²) >= 11 is 5.77. The number of amides is 1. The van der Waals surface area contributed by atoms with E-state index in [1.54, 1.807) is 18.2 Å². The molecule has 0 saturated heterocycles. The monoisotopic (exact) mass is 209 g/mol. The van der Waals surface area contributed by atoms with E-state index in [-0.39, 0.29) is 6.54 Å². The van der Waals surface area contributed by atoms with Gasteiger partial charge in [-0.25, -0.2) is 0 Å². The lowest BCUT2D eigenvalue weighted by atomic mass is 10.2. The summed E-state index contributed by atoms with van der Waals surface area (Å²) in [7, 11) is 0. The second-order valence-electron chi connectivity index (χ2n) is 2.59. The predicted molar refractivity (Wildman–Crippen MR) is 53.9 cm³/mol. The number of nitrogens with two attached hydrogens (primary N) is 1. The third-order valence-electron chi connectivity index (χ3n) is 1.58. The van der Waals surface area contributed by atoms with E-state index in [0.29, 0.717) is 16.3 Å². The van der Waals surface area contributed by atoms with Crippen molar-refractivity contribution in [1.29, 1.82) is 5.26 Å². The van der Waals surface area contributed by atoms with E-state index in [1.165, 1.54) is 0 Å². The third-order valence-corrected chi connectivity index (χ3v) is 1.89. The van der Waals surface area contributed by atoms with E-state index < -0.39 is 5.91 Å². The third kappa shape index (κ3) is 2.38. The van der Waals surface area contributed by atoms with Crippen LogP contribution < -0.4 is 11.1 Å². The van der Waals surface area contributed by atoms with Crippen molar-refractivity contribution < 1.29 is 4.79 Å². The summed E-state index contributed by atoms with van der Waals surface area (Å²) in [5.41, 5.74) is 5.78. The molecule has 72 valence electrons. The van der Waals surface area contributed by atoms with Gasteiger partial charge in [-0.15, -0.1) is 0 Å². The van der Waals surface area contributed by atoms with E-state index in [0.717, 1.165) is 0 Å². The molecular formula is C9H8ClN3O. The lowest BCUT2D eigenvalue weighted by Gasteiger charge is -2.06. The molecule has 1 aromatic carbocycles. The first-order valence-electron chi connectivity index (χ1n) is 3.86. The minimum absolute atomic E-state index is 0.0188. The first-order valence-corrected chi connectivity index (χ1v) is 4.23. The number of nitrogens with one attached hydrogen (secondary N) is 1. The number of carbonyl (C=O) groups excluding carboxylic acids is 1. The van der Waals surface area contributed by atoms with Crippen LogP contribution in [0.15, 0.2) is 18.2 Å². The van der Waals surface area contributed by atoms with Crippen LogP contribution >= 0.6 is 11.6 Å². The molecule has 0 aliphatic heterocycles. The highest BCUT2D eigenvalue weighted by Crippen LogP contribution is 2.22. The maximum absolute atomic E-state index is 10.5. The topological polar surface area (TPSA) is 78.9 Å². The lowest BCUT2D eigenvalue weighted by Crippen LogP contribution is -2.22. The van der Waals surface area contributed by atoms with Gasteiger partial charge < -0.3 is 11.1 Å². The second-order valence-corrected chi connectivity index (χ2v) is 3.00. The smallest absolute Gasteiger partial charge is 0.236 e. The SMILES string of the molecule is N#Cc1c(Cl)cccc1NCC(N)=O. The van der Waals surface area contributed by atoms with Crippen LogP contribution in [0.25, 0.3) is 0 Å². The first-order chi connectivity index (χ1) is 6.65. The minimum Gasteiger partial charge on any atom is -0.375 e. The maximum atomic E-state index is 10.5. The molecule has 0 spiro atoms. The Kier molecular flexibility index (Phi) is 3.32. The Bertz CT molecular complexity index is 398. The van der Waals surface area contributed by atoms with Crippen LogP contribution in [0.2, 0.25) is 5.02 Å². The van der Waals surface area contributed by atoms with Gasteiger partial charge in [-0.05, 0) is 12.1 Å². The van der Waals surface area contributed by atoms with Crippen LogP contribution in [-0.4, -0.2) is 12.5 Å². The fourth-order valence-corrected chi connectivity index (χ4v) is 1.18. The molecule has 0 aromatic heterocycles. The zero-order valence-corrected chi connectivity index (χ0v) is 8.01. The predicted octanol–water partition coefficient (Wildman–Crippen LogP) is 1.11. The van der Waals surface area contributed by atoms with E-state index in [4.69, 9.17) is 22.6 Å². The van der Waals surface area contributed by atoms with Gasteiger partial charge in [-0.1, -0.05) is 17.7 Å². The van der Waals surface area contributed by atoms with Crippen LogP contribution in [0.1, 0.15) is 5.56 Å². The van der Waals surface area contributed by atoms with Crippen LogP contribution in [0.4, 0.5) is 5.69 Å². The Balaban J connectivity index is 2.92. The number of carbonyl (C=O) groups is 1. The van der Waals surface area contributed by atoms with Crippen LogP contribution in [0.5, 0.6) is 0 Å². The highest BCUT2D eigenvalue weighted by molar-refractivity contribution is 6.32. The molecule has 1 rings (SSSR count). The van der Waals surface area contributed by atoms with Gasteiger partial charge in [0.05, 0.1) is 22.8 Å². The van der Waals surface area contributed by atoms with Crippen LogP contribution in [0, 0.1) is 11.3 Å². The maximum Gasteiger partial charge on any atom is 0.236 e. The zero-order chi connectivity index (χ0) is 10.6. The molecule has 14 heavy (non-hydrogen) atoms. The quantitative estimate of drug-likeness (QED) is 0.783. The van der Waals surface area contributed by atoms with E-state index >= 15 is 0 Å². The highest BCUT2D eigenvalue weighted by Gasteiger charge is 2.05. The average molecular weight is 210 g/mol. The minimum atomic E-state index is -0.492. The Morgan fingerprint density at radius 3 is 2.93 bits per heavy atom. The zero-order valence-electron chi connectivity index (χ0n) is 7.25. The highest BCUT2D eigenvalue weighted by atomic mass is 35.5. The molecule has 0 saturated carbocycles. The molecule has 3 N–H and O–H groups in total. The van der Waals surface area contributed by atoms with Gasteiger partial charge in [0, 0.05) is 0 Å². The first kappa shape index (κ1) is 10.4. The molecule has 4 nitrogen and oxygen atoms in total. The molecular weight excluding hydrogens is 202 g/mol. The Morgan fingerprint density at radius 1 is 1.64 bits per heavy atom. The molecule has 0 unspecified atom stereocenters. The van der Waals surface area contributed by atoms with Crippen molar-refractivity contribution in [3.05, 3.63) is 28.8 Å². The van der Waals surface area contributed by atoms with Gasteiger partial charge in [0.1, 0.15) is 6.07 Å². The summed E-state index contributed by atoms with van der Waals surface area (Å²) in [5, 5.41) is 11.8. The van der Waals surface area contributed by atoms with Gasteiger partial charge in [-0.3, -0.25) is 4.79 Å². The number of nitriles is 1. The summed E-state index contributed by atoms with van der Waals surface area (Å²) in [6.07, 6.45) is 0. The second kappa shape index (κ2) is 4.49. The molecule has 0 aliphatic carbocycles. The summed E-state index contributed by atoms with van der Waals surface area (Å²) in [5.74, 6) is -0.492. The van der Waals surface area contributed by atoms with Gasteiger partial charge in [0.2, 0.25) is 5.91 Å². The molecule has 0 radical (unpaired) electrons. The number of anilines is 1. The van der Waals surface area contributed by atoms with E-state index in [1.807, 2.05) is 6.07 Å². The van der Waals surface area contributed by atoms with Crippen LogP contribution in [-0.2, 0) is 4.79 Å². The van der Waals surface area contributed by atoms with Crippen molar-refractivity contribution in [3.8, 4) is 6.07 Å². The number of hydrogen-bond acceptors (Lipinski definition) is 3. The fraction of sp³-hybridized carbons (Fsp3) is 0.111. The molecule has 0 heterocycles. The van der Waals surface area contributed by atoms with Crippen molar-refractivity contribution in [2.24, 2.45) is 5.73 Å². The average Bonchev–Trinajstić information content (AvgIpc) is 2.14. The summed E-state index contributed by atoms with van der Waals surface area (Å²) in [6, 6.07) is 6.89. The van der Waals surface area contributed by atoms with Crippen molar-refractivity contribution in [1.82, 2.24) is 0 Å². The molecule has 0 bridgehead atoms. The lowest BCUT2D eigenvalue weighted by molar-refractivity contribution is -0.116. The molecule has 1 amide bonds. The fourth-order valence-electron chi connectivity index (χ4n) is 0.967. The Hall–Kier alpha value is -1.73. The Morgan fingerprint density at radius 2 is 2.36 bits per heavy atom. The van der Waals surface area contributed by atoms with Crippen molar-refractivity contribution in [2.45, 2.75) is 0 Å². The molecule has 0 aliphatic rings. The van der Waals surface area contributed by atoms with E-state index in [9.17, 15) is 4.79 Å². The number of halogens is 1. The standard InChI is InChI=1S/C9H8ClN3O/c10-7-2-1-3-8(6(7)4-11)13-5-9(12)14/h1-3,13H,5H2,(H2,12,14). The van der Waals surface area contributed by atoms with Gasteiger partial charge in [0.25, 0.3) is 0 Å². The van der Waals surface area contributed by atoms with Crippen molar-refractivity contribution >= 4 is 23.2 Å². The van der Waals surface area contributed by atoms with Gasteiger partial charge in [-0.2, -0.15) is 5.26 Å². The largest absolute Gasteiger partial charge is 0.375 e. The van der Waals surface area contributed by atoms with Gasteiger partial charge >= 0.3 is 0 Å². The molecule has 0 atom stereocenters. The summed E-state index contributed by atoms with van der Waals surface area (Å²) in [4.78, 5) is 10.5. The number of benzene rings is 1. The number of hydrogen-bond donors (Lipinski definition) is 2. The molecule has 5 heteroatoms.